The Labute approximate surface area is 171 Å². The third-order valence-corrected chi connectivity index (χ3v) is 5.35. The second-order valence-electron chi connectivity index (χ2n) is 6.33. The third kappa shape index (κ3) is 7.64. The van der Waals surface area contributed by atoms with E-state index in [4.69, 9.17) is 0 Å². The number of carbonyl (C=O) groups is 1. The zero-order chi connectivity index (χ0) is 20.2. The highest BCUT2D eigenvalue weighted by molar-refractivity contribution is 7.11. The fraction of sp³-hybridized carbons (Fsp3) is 0.500. The molecule has 0 aromatic carbocycles. The minimum absolute atomic E-state index is 0.0133. The highest BCUT2D eigenvalue weighted by Crippen LogP contribution is 2.13. The van der Waals surface area contributed by atoms with Gasteiger partial charge in [0.15, 0.2) is 5.96 Å². The monoisotopic (exact) mass is 402 g/mol. The van der Waals surface area contributed by atoms with Crippen LogP contribution >= 0.6 is 11.3 Å². The van der Waals surface area contributed by atoms with Crippen molar-refractivity contribution in [3.63, 3.8) is 0 Å². The molecule has 0 fully saturated rings. The van der Waals surface area contributed by atoms with Crippen molar-refractivity contribution < 1.29 is 4.79 Å². The zero-order valence-corrected chi connectivity index (χ0v) is 17.8. The van der Waals surface area contributed by atoms with E-state index in [9.17, 15) is 4.79 Å². The summed E-state index contributed by atoms with van der Waals surface area (Å²) >= 11 is 1.75. The molecule has 28 heavy (non-hydrogen) atoms. The maximum Gasteiger partial charge on any atom is 0.244 e. The fourth-order valence-corrected chi connectivity index (χ4v) is 3.34. The van der Waals surface area contributed by atoms with E-state index in [1.165, 1.54) is 4.88 Å². The van der Waals surface area contributed by atoms with Gasteiger partial charge in [-0.2, -0.15) is 0 Å². The number of aromatic nitrogens is 2. The van der Waals surface area contributed by atoms with Crippen LogP contribution < -0.4 is 10.6 Å². The van der Waals surface area contributed by atoms with Gasteiger partial charge >= 0.3 is 0 Å². The molecule has 0 aliphatic heterocycles. The van der Waals surface area contributed by atoms with E-state index in [-0.39, 0.29) is 12.5 Å². The Balaban J connectivity index is 1.77. The Kier molecular flexibility index (Phi) is 9.41. The maximum absolute atomic E-state index is 12.3. The topological polar surface area (TPSA) is 82.5 Å². The summed E-state index contributed by atoms with van der Waals surface area (Å²) in [5, 5.41) is 7.57. The average Bonchev–Trinajstić information content (AvgIpc) is 3.18. The number of nitrogens with zero attached hydrogens (tertiary/aromatic N) is 4. The molecule has 2 rings (SSSR count). The van der Waals surface area contributed by atoms with Gasteiger partial charge in [-0.1, -0.05) is 13.0 Å². The van der Waals surface area contributed by atoms with Crippen molar-refractivity contribution in [2.24, 2.45) is 4.99 Å². The standard InChI is InChI=1S/C20H30N6OS/c1-4-17-14-24-18(28-17)9-12-23-20(21-5-2)25-15-19(27)26(3)13-10-16-8-6-7-11-22-16/h6-8,11,14H,4-5,9-10,12-13,15H2,1-3H3,(H2,21,23,25). The Morgan fingerprint density at radius 1 is 1.21 bits per heavy atom. The third-order valence-electron chi connectivity index (χ3n) is 4.15. The Morgan fingerprint density at radius 3 is 2.75 bits per heavy atom. The molecule has 1 amide bonds. The van der Waals surface area contributed by atoms with Crippen LogP contribution in [0.25, 0.3) is 0 Å². The molecule has 0 saturated carbocycles. The highest BCUT2D eigenvalue weighted by Gasteiger charge is 2.09. The van der Waals surface area contributed by atoms with E-state index in [0.29, 0.717) is 12.5 Å². The van der Waals surface area contributed by atoms with E-state index in [2.05, 4.69) is 32.5 Å². The minimum Gasteiger partial charge on any atom is -0.357 e. The normalized spacial score (nSPS) is 11.3. The molecule has 0 unspecified atom stereocenters. The van der Waals surface area contributed by atoms with Crippen LogP contribution in [0.3, 0.4) is 0 Å². The molecular formula is C20H30N6OS. The summed E-state index contributed by atoms with van der Waals surface area (Å²) in [5.41, 5.74) is 0.981. The molecule has 0 aliphatic rings. The number of carbonyl (C=O) groups excluding carboxylic acids is 1. The first kappa shape index (κ1) is 21.8. The van der Waals surface area contributed by atoms with E-state index in [1.807, 2.05) is 31.3 Å². The average molecular weight is 403 g/mol. The van der Waals surface area contributed by atoms with Crippen LogP contribution in [0, 0.1) is 0 Å². The Bertz CT molecular complexity index is 746. The largest absolute Gasteiger partial charge is 0.357 e. The summed E-state index contributed by atoms with van der Waals surface area (Å²) < 4.78 is 0. The summed E-state index contributed by atoms with van der Waals surface area (Å²) in [6, 6.07) is 5.81. The molecule has 2 N–H and O–H groups in total. The molecule has 0 bridgehead atoms. The van der Waals surface area contributed by atoms with E-state index in [0.717, 1.165) is 43.1 Å². The predicted molar refractivity (Wildman–Crippen MR) is 115 cm³/mol. The second-order valence-corrected chi connectivity index (χ2v) is 7.53. The van der Waals surface area contributed by atoms with Crippen LogP contribution in [-0.4, -0.2) is 60.0 Å². The molecule has 0 saturated heterocycles. The molecule has 2 aromatic rings. The summed E-state index contributed by atoms with van der Waals surface area (Å²) in [5.74, 6) is 0.641. The lowest BCUT2D eigenvalue weighted by Gasteiger charge is -2.16. The lowest BCUT2D eigenvalue weighted by molar-refractivity contribution is -0.128. The number of amides is 1. The van der Waals surface area contributed by atoms with Gasteiger partial charge in [-0.15, -0.1) is 11.3 Å². The van der Waals surface area contributed by atoms with Crippen molar-refractivity contribution in [1.82, 2.24) is 25.5 Å². The molecule has 0 aliphatic carbocycles. The first-order valence-electron chi connectivity index (χ1n) is 9.72. The van der Waals surface area contributed by atoms with Crippen molar-refractivity contribution >= 4 is 23.2 Å². The quantitative estimate of drug-likeness (QED) is 0.469. The van der Waals surface area contributed by atoms with Crippen LogP contribution in [0.2, 0.25) is 0 Å². The molecule has 7 nitrogen and oxygen atoms in total. The molecule has 0 radical (unpaired) electrons. The number of aliphatic imine (C=N–C) groups is 1. The van der Waals surface area contributed by atoms with Gasteiger partial charge in [-0.05, 0) is 25.5 Å². The SMILES string of the molecule is CCNC(=NCC(=O)N(C)CCc1ccccn1)NCCc1ncc(CC)s1. The van der Waals surface area contributed by atoms with Crippen LogP contribution in [-0.2, 0) is 24.1 Å². The second kappa shape index (κ2) is 12.1. The first-order chi connectivity index (χ1) is 13.6. The Morgan fingerprint density at radius 2 is 2.07 bits per heavy atom. The predicted octanol–water partition coefficient (Wildman–Crippen LogP) is 1.90. The van der Waals surface area contributed by atoms with Gasteiger partial charge in [-0.25, -0.2) is 9.98 Å². The van der Waals surface area contributed by atoms with E-state index < -0.39 is 0 Å². The number of hydrogen-bond donors (Lipinski definition) is 2. The number of aryl methyl sites for hydroxylation is 1. The number of thiazole rings is 1. The van der Waals surface area contributed by atoms with Crippen LogP contribution in [0.1, 0.15) is 29.4 Å². The first-order valence-corrected chi connectivity index (χ1v) is 10.5. The highest BCUT2D eigenvalue weighted by atomic mass is 32.1. The maximum atomic E-state index is 12.3. The van der Waals surface area contributed by atoms with Crippen molar-refractivity contribution in [1.29, 1.82) is 0 Å². The fourth-order valence-electron chi connectivity index (χ4n) is 2.48. The summed E-state index contributed by atoms with van der Waals surface area (Å²) in [4.78, 5) is 28.5. The smallest absolute Gasteiger partial charge is 0.244 e. The van der Waals surface area contributed by atoms with Gasteiger partial charge in [0.05, 0.1) is 5.01 Å². The number of nitrogens with one attached hydrogen (secondary N) is 2. The number of pyridine rings is 1. The number of rotatable bonds is 10. The summed E-state index contributed by atoms with van der Waals surface area (Å²) in [7, 11) is 1.80. The molecule has 8 heteroatoms. The molecule has 0 spiro atoms. The van der Waals surface area contributed by atoms with Crippen molar-refractivity contribution in [3.8, 4) is 0 Å². The minimum atomic E-state index is -0.0133. The van der Waals surface area contributed by atoms with Gasteiger partial charge < -0.3 is 15.5 Å². The van der Waals surface area contributed by atoms with Crippen molar-refractivity contribution in [2.45, 2.75) is 33.1 Å². The van der Waals surface area contributed by atoms with Gasteiger partial charge in [0.2, 0.25) is 5.91 Å². The zero-order valence-electron chi connectivity index (χ0n) is 16.9. The molecule has 2 aromatic heterocycles. The van der Waals surface area contributed by atoms with Crippen LogP contribution in [0.4, 0.5) is 0 Å². The van der Waals surface area contributed by atoms with Crippen LogP contribution in [0.5, 0.6) is 0 Å². The molecule has 0 atom stereocenters. The van der Waals surface area contributed by atoms with Crippen LogP contribution in [0.15, 0.2) is 35.6 Å². The van der Waals surface area contributed by atoms with E-state index in [1.54, 1.807) is 29.5 Å². The van der Waals surface area contributed by atoms with Gasteiger partial charge in [0, 0.05) is 62.5 Å². The number of likely N-dealkylation sites (N-methyl/N-ethyl adjacent to an activating group) is 1. The van der Waals surface area contributed by atoms with Crippen molar-refractivity contribution in [2.75, 3.05) is 33.2 Å². The molecule has 2 heterocycles. The summed E-state index contributed by atoms with van der Waals surface area (Å²) in [6.45, 7) is 6.35. The molecular weight excluding hydrogens is 372 g/mol. The Hall–Kier alpha value is -2.48. The van der Waals surface area contributed by atoms with Gasteiger partial charge in [-0.3, -0.25) is 9.78 Å². The van der Waals surface area contributed by atoms with E-state index >= 15 is 0 Å². The lowest BCUT2D eigenvalue weighted by atomic mass is 10.2. The van der Waals surface area contributed by atoms with Gasteiger partial charge in [0.1, 0.15) is 6.54 Å². The van der Waals surface area contributed by atoms with Gasteiger partial charge in [0.25, 0.3) is 0 Å². The number of hydrogen-bond acceptors (Lipinski definition) is 5. The molecule has 152 valence electrons. The summed E-state index contributed by atoms with van der Waals surface area (Å²) in [6.07, 6.45) is 6.31. The number of guanidine groups is 1. The van der Waals surface area contributed by atoms with Crippen molar-refractivity contribution in [3.05, 3.63) is 46.2 Å². The lowest BCUT2D eigenvalue weighted by Crippen LogP contribution is -2.39.